The number of carboxylic acids is 1. The molecule has 4 nitrogen and oxygen atoms in total. The van der Waals surface area contributed by atoms with Gasteiger partial charge in [-0.25, -0.2) is 0 Å². The fraction of sp³-hybridized carbons (Fsp3) is 0.933. The molecule has 0 aromatic heterocycles. The Morgan fingerprint density at radius 3 is 2.42 bits per heavy atom. The average molecular weight is 270 g/mol. The first-order valence-corrected chi connectivity index (χ1v) is 7.64. The predicted octanol–water partition coefficient (Wildman–Crippen LogP) is 2.48. The quantitative estimate of drug-likeness (QED) is 0.640. The van der Waals surface area contributed by atoms with E-state index in [0.717, 1.165) is 38.6 Å². The summed E-state index contributed by atoms with van der Waals surface area (Å²) in [4.78, 5) is 13.8. The van der Waals surface area contributed by atoms with E-state index in [1.807, 2.05) is 6.92 Å². The predicted molar refractivity (Wildman–Crippen MR) is 78.4 cm³/mol. The summed E-state index contributed by atoms with van der Waals surface area (Å²) in [6, 6.07) is 1.05. The van der Waals surface area contributed by atoms with Gasteiger partial charge in [0.05, 0.1) is 0 Å². The van der Waals surface area contributed by atoms with Crippen molar-refractivity contribution < 1.29 is 9.90 Å². The maximum atomic E-state index is 11.4. The summed E-state index contributed by atoms with van der Waals surface area (Å²) < 4.78 is 0. The summed E-state index contributed by atoms with van der Waals surface area (Å²) in [5, 5.41) is 12.7. The smallest absolute Gasteiger partial charge is 0.323 e. The van der Waals surface area contributed by atoms with E-state index in [4.69, 9.17) is 0 Å². The normalized spacial score (nSPS) is 18.8. The molecule has 1 aliphatic carbocycles. The van der Waals surface area contributed by atoms with Gasteiger partial charge in [-0.05, 0) is 59.0 Å². The van der Waals surface area contributed by atoms with E-state index in [-0.39, 0.29) is 0 Å². The zero-order chi connectivity index (χ0) is 14.5. The summed E-state index contributed by atoms with van der Waals surface area (Å²) in [5.74, 6) is -0.718. The first kappa shape index (κ1) is 16.4. The molecule has 19 heavy (non-hydrogen) atoms. The maximum absolute atomic E-state index is 11.4. The lowest BCUT2D eigenvalue weighted by atomic mass is 9.95. The lowest BCUT2D eigenvalue weighted by Crippen LogP contribution is -2.51. The van der Waals surface area contributed by atoms with Gasteiger partial charge in [-0.2, -0.15) is 0 Å². The van der Waals surface area contributed by atoms with Crippen molar-refractivity contribution in [3.63, 3.8) is 0 Å². The fourth-order valence-electron chi connectivity index (χ4n) is 2.70. The third-order valence-electron chi connectivity index (χ3n) is 4.33. The Kier molecular flexibility index (Phi) is 6.27. The molecular formula is C15H30N2O2. The van der Waals surface area contributed by atoms with Crippen LogP contribution in [0, 0.1) is 0 Å². The first-order valence-electron chi connectivity index (χ1n) is 7.64. The van der Waals surface area contributed by atoms with Crippen molar-refractivity contribution in [3.8, 4) is 0 Å². The highest BCUT2D eigenvalue weighted by molar-refractivity contribution is 5.78. The Hall–Kier alpha value is -0.610. The highest BCUT2D eigenvalue weighted by atomic mass is 16.4. The second kappa shape index (κ2) is 7.25. The largest absolute Gasteiger partial charge is 0.480 e. The molecule has 1 aliphatic rings. The monoisotopic (exact) mass is 270 g/mol. The molecule has 1 fully saturated rings. The summed E-state index contributed by atoms with van der Waals surface area (Å²) in [6.45, 7) is 7.22. The van der Waals surface area contributed by atoms with E-state index in [1.54, 1.807) is 0 Å². The van der Waals surface area contributed by atoms with E-state index < -0.39 is 11.5 Å². The highest BCUT2D eigenvalue weighted by Crippen LogP contribution is 2.25. The van der Waals surface area contributed by atoms with Crippen LogP contribution in [0.1, 0.15) is 59.3 Å². The third kappa shape index (κ3) is 5.11. The molecule has 1 saturated carbocycles. The fourth-order valence-corrected chi connectivity index (χ4v) is 2.70. The summed E-state index contributed by atoms with van der Waals surface area (Å²) >= 11 is 0. The van der Waals surface area contributed by atoms with Crippen LogP contribution in [-0.2, 0) is 4.79 Å². The van der Waals surface area contributed by atoms with Crippen LogP contribution in [0.25, 0.3) is 0 Å². The third-order valence-corrected chi connectivity index (χ3v) is 4.33. The van der Waals surface area contributed by atoms with Gasteiger partial charge in [-0.1, -0.05) is 13.8 Å². The van der Waals surface area contributed by atoms with Gasteiger partial charge >= 0.3 is 5.97 Å². The Balaban J connectivity index is 2.37. The molecule has 1 unspecified atom stereocenters. The molecule has 0 spiro atoms. The molecule has 2 N–H and O–H groups in total. The van der Waals surface area contributed by atoms with Crippen LogP contribution in [0.4, 0.5) is 0 Å². The maximum Gasteiger partial charge on any atom is 0.323 e. The minimum Gasteiger partial charge on any atom is -0.480 e. The van der Waals surface area contributed by atoms with Crippen LogP contribution in [-0.4, -0.2) is 47.2 Å². The molecule has 0 aliphatic heterocycles. The van der Waals surface area contributed by atoms with E-state index >= 15 is 0 Å². The lowest BCUT2D eigenvalue weighted by molar-refractivity contribution is -0.144. The van der Waals surface area contributed by atoms with Gasteiger partial charge in [-0.3, -0.25) is 10.1 Å². The summed E-state index contributed by atoms with van der Waals surface area (Å²) in [5.41, 5.74) is -0.754. The zero-order valence-electron chi connectivity index (χ0n) is 12.9. The molecule has 0 heterocycles. The second-order valence-electron chi connectivity index (χ2n) is 6.11. The summed E-state index contributed by atoms with van der Waals surface area (Å²) in [6.07, 6.45) is 6.18. The van der Waals surface area contributed by atoms with Gasteiger partial charge in [-0.15, -0.1) is 0 Å². The van der Waals surface area contributed by atoms with Crippen LogP contribution in [0.15, 0.2) is 0 Å². The number of carboxylic acid groups (broad SMARTS) is 1. The zero-order valence-corrected chi connectivity index (χ0v) is 12.9. The van der Waals surface area contributed by atoms with Crippen LogP contribution < -0.4 is 5.32 Å². The van der Waals surface area contributed by atoms with E-state index in [1.165, 1.54) is 0 Å². The number of carbonyl (C=O) groups is 1. The molecule has 1 rings (SSSR count). The number of nitrogens with one attached hydrogen (secondary N) is 1. The summed E-state index contributed by atoms with van der Waals surface area (Å²) in [7, 11) is 2.14. The molecular weight excluding hydrogens is 240 g/mol. The average Bonchev–Trinajstić information content (AvgIpc) is 3.14. The van der Waals surface area contributed by atoms with E-state index in [0.29, 0.717) is 18.5 Å². The molecule has 0 aromatic carbocycles. The Labute approximate surface area is 117 Å². The van der Waals surface area contributed by atoms with Crippen LogP contribution >= 0.6 is 0 Å². The number of aliphatic carboxylic acids is 1. The van der Waals surface area contributed by atoms with Crippen LogP contribution in [0.2, 0.25) is 0 Å². The first-order chi connectivity index (χ1) is 8.92. The van der Waals surface area contributed by atoms with Crippen molar-refractivity contribution in [2.75, 3.05) is 13.6 Å². The van der Waals surface area contributed by atoms with Crippen molar-refractivity contribution in [1.29, 1.82) is 0 Å². The van der Waals surface area contributed by atoms with Gasteiger partial charge in [0.2, 0.25) is 0 Å². The van der Waals surface area contributed by atoms with Gasteiger partial charge in [0.15, 0.2) is 0 Å². The highest BCUT2D eigenvalue weighted by Gasteiger charge is 2.37. The van der Waals surface area contributed by atoms with Crippen molar-refractivity contribution in [1.82, 2.24) is 10.2 Å². The van der Waals surface area contributed by atoms with E-state index in [2.05, 4.69) is 31.1 Å². The topological polar surface area (TPSA) is 52.6 Å². The van der Waals surface area contributed by atoms with E-state index in [9.17, 15) is 9.90 Å². The van der Waals surface area contributed by atoms with Gasteiger partial charge in [0, 0.05) is 12.1 Å². The molecule has 0 bridgehead atoms. The second-order valence-corrected chi connectivity index (χ2v) is 6.11. The molecule has 0 radical (unpaired) electrons. The lowest BCUT2D eigenvalue weighted by Gasteiger charge is -2.30. The number of hydrogen-bond acceptors (Lipinski definition) is 3. The molecule has 112 valence electrons. The number of rotatable bonds is 10. The minimum absolute atomic E-state index is 0.429. The SMILES string of the molecule is CCC(CC)N(C)CCCC(C)(NC1CC1)C(=O)O. The number of nitrogens with zero attached hydrogens (tertiary/aromatic N) is 1. The molecule has 0 amide bonds. The van der Waals surface area contributed by atoms with Gasteiger partial charge in [0.25, 0.3) is 0 Å². The van der Waals surface area contributed by atoms with Crippen molar-refractivity contribution in [2.24, 2.45) is 0 Å². The number of hydrogen-bond donors (Lipinski definition) is 2. The van der Waals surface area contributed by atoms with Crippen molar-refractivity contribution in [2.45, 2.75) is 76.9 Å². The molecule has 0 saturated heterocycles. The molecule has 0 aromatic rings. The van der Waals surface area contributed by atoms with Gasteiger partial charge in [0.1, 0.15) is 5.54 Å². The standard InChI is InChI=1S/C15H30N2O2/c1-5-13(6-2)17(4)11-7-10-15(3,14(18)19)16-12-8-9-12/h12-13,16H,5-11H2,1-4H3,(H,18,19). The Morgan fingerprint density at radius 1 is 1.42 bits per heavy atom. The van der Waals surface area contributed by atoms with Crippen LogP contribution in [0.5, 0.6) is 0 Å². The van der Waals surface area contributed by atoms with Crippen LogP contribution in [0.3, 0.4) is 0 Å². The Bertz CT molecular complexity index is 288. The van der Waals surface area contributed by atoms with Gasteiger partial charge < -0.3 is 10.0 Å². The van der Waals surface area contributed by atoms with Crippen molar-refractivity contribution >= 4 is 5.97 Å². The minimum atomic E-state index is -0.754. The Morgan fingerprint density at radius 2 is 2.00 bits per heavy atom. The molecule has 1 atom stereocenters. The molecule has 4 heteroatoms. The van der Waals surface area contributed by atoms with Crippen molar-refractivity contribution in [3.05, 3.63) is 0 Å².